The molecule has 144 valence electrons. The van der Waals surface area contributed by atoms with Crippen molar-refractivity contribution < 1.29 is 32.2 Å². The van der Waals surface area contributed by atoms with Gasteiger partial charge >= 0.3 is 6.18 Å². The number of alkyl halides is 3. The molecule has 1 aliphatic rings. The van der Waals surface area contributed by atoms with E-state index in [1.54, 1.807) is 0 Å². The van der Waals surface area contributed by atoms with E-state index in [4.69, 9.17) is 10.5 Å². The summed E-state index contributed by atoms with van der Waals surface area (Å²) in [4.78, 5) is 14.2. The van der Waals surface area contributed by atoms with Crippen molar-refractivity contribution in [3.63, 3.8) is 0 Å². The fourth-order valence-corrected chi connectivity index (χ4v) is 3.32. The van der Waals surface area contributed by atoms with Crippen LogP contribution in [-0.2, 0) is 21.3 Å². The Morgan fingerprint density at radius 1 is 1.26 bits per heavy atom. The molecule has 9 heteroatoms. The van der Waals surface area contributed by atoms with Crippen LogP contribution in [0.15, 0.2) is 42.5 Å². The zero-order valence-electron chi connectivity index (χ0n) is 14.1. The van der Waals surface area contributed by atoms with E-state index >= 15 is 0 Å². The van der Waals surface area contributed by atoms with Crippen LogP contribution in [0.2, 0.25) is 0 Å². The molecule has 0 spiro atoms. The monoisotopic (exact) mass is 384 g/mol. The molecule has 0 aliphatic carbocycles. The van der Waals surface area contributed by atoms with Crippen LogP contribution < -0.4 is 10.6 Å². The van der Waals surface area contributed by atoms with Gasteiger partial charge in [-0.3, -0.25) is 4.79 Å². The molecule has 3 N–H and O–H groups in total. The maximum Gasteiger partial charge on any atom is 0.416 e. The lowest BCUT2D eigenvalue weighted by atomic mass is 9.86. The maximum absolute atomic E-state index is 13.9. The predicted molar refractivity (Wildman–Crippen MR) is 88.2 cm³/mol. The van der Waals surface area contributed by atoms with Crippen molar-refractivity contribution in [3.05, 3.63) is 65.0 Å². The van der Waals surface area contributed by atoms with E-state index in [9.17, 15) is 27.5 Å². The number of carbonyl (C=O) groups is 1. The Balaban J connectivity index is 2.26. The predicted octanol–water partition coefficient (Wildman–Crippen LogP) is 2.36. The number of nitrogens with zero attached hydrogens (tertiary/aromatic N) is 1. The van der Waals surface area contributed by atoms with E-state index in [1.165, 1.54) is 12.1 Å². The van der Waals surface area contributed by atoms with Gasteiger partial charge in [-0.2, -0.15) is 13.2 Å². The van der Waals surface area contributed by atoms with Crippen LogP contribution >= 0.6 is 0 Å². The van der Waals surface area contributed by atoms with Gasteiger partial charge < -0.3 is 20.5 Å². The zero-order valence-corrected chi connectivity index (χ0v) is 14.1. The number of methoxy groups -OCH3 is 1. The highest BCUT2D eigenvalue weighted by molar-refractivity contribution is 6.09. The molecule has 0 bridgehead atoms. The molecule has 1 unspecified atom stereocenters. The Labute approximate surface area is 152 Å². The van der Waals surface area contributed by atoms with Gasteiger partial charge in [0.15, 0.2) is 5.60 Å². The number of aliphatic hydroxyl groups is 1. The second-order valence-corrected chi connectivity index (χ2v) is 6.11. The third-order valence-electron chi connectivity index (χ3n) is 4.45. The van der Waals surface area contributed by atoms with Gasteiger partial charge in [-0.25, -0.2) is 4.39 Å². The van der Waals surface area contributed by atoms with Crippen LogP contribution in [0.25, 0.3) is 0 Å². The highest BCUT2D eigenvalue weighted by Crippen LogP contribution is 2.47. The van der Waals surface area contributed by atoms with Gasteiger partial charge in [-0.15, -0.1) is 0 Å². The van der Waals surface area contributed by atoms with Gasteiger partial charge in [0.25, 0.3) is 5.91 Å². The minimum atomic E-state index is -4.63. The third kappa shape index (κ3) is 3.07. The van der Waals surface area contributed by atoms with Crippen LogP contribution in [0.3, 0.4) is 0 Å². The minimum absolute atomic E-state index is 0.0370. The zero-order chi connectivity index (χ0) is 20.0. The average molecular weight is 384 g/mol. The van der Waals surface area contributed by atoms with Gasteiger partial charge in [0.05, 0.1) is 17.8 Å². The number of ether oxygens (including phenoxy) is 1. The number of amides is 1. The largest absolute Gasteiger partial charge is 0.416 e. The summed E-state index contributed by atoms with van der Waals surface area (Å²) in [5.74, 6) is -1.46. The van der Waals surface area contributed by atoms with Gasteiger partial charge in [0, 0.05) is 12.7 Å². The molecule has 5 nitrogen and oxygen atoms in total. The maximum atomic E-state index is 13.9. The number of nitrogens with two attached hydrogens (primary N) is 1. The van der Waals surface area contributed by atoms with Crippen LogP contribution in [0.4, 0.5) is 23.2 Å². The minimum Gasteiger partial charge on any atom is -0.377 e. The molecule has 1 aliphatic heterocycles. The third-order valence-corrected chi connectivity index (χ3v) is 4.45. The number of aliphatic hydroxyl groups excluding tert-OH is 1. The summed E-state index contributed by atoms with van der Waals surface area (Å²) >= 11 is 0. The Kier molecular flexibility index (Phi) is 4.71. The number of hydrogen-bond donors (Lipinski definition) is 2. The van der Waals surface area contributed by atoms with E-state index in [1.807, 2.05) is 0 Å². The number of anilines is 1. The molecular formula is C18H16F4N2O3. The summed E-state index contributed by atoms with van der Waals surface area (Å²) in [6.45, 7) is -0.332. The van der Waals surface area contributed by atoms with Gasteiger partial charge in [-0.1, -0.05) is 12.1 Å². The van der Waals surface area contributed by atoms with E-state index < -0.39 is 35.3 Å². The number of rotatable bonds is 4. The molecule has 0 saturated carbocycles. The summed E-state index contributed by atoms with van der Waals surface area (Å²) in [6, 6.07) is 7.51. The summed E-state index contributed by atoms with van der Waals surface area (Å²) in [6.07, 6.45) is -6.04. The van der Waals surface area contributed by atoms with Crippen molar-refractivity contribution in [2.45, 2.75) is 18.0 Å². The first-order valence-corrected chi connectivity index (χ1v) is 7.90. The fraction of sp³-hybridized carbons (Fsp3) is 0.278. The van der Waals surface area contributed by atoms with Crippen molar-refractivity contribution in [2.75, 3.05) is 18.6 Å². The molecular weight excluding hydrogens is 368 g/mol. The average Bonchev–Trinajstić information content (AvgIpc) is 2.82. The highest BCUT2D eigenvalue weighted by Gasteiger charge is 2.53. The van der Waals surface area contributed by atoms with Gasteiger partial charge in [0.2, 0.25) is 0 Å². The molecule has 1 amide bonds. The first kappa shape index (κ1) is 19.3. The van der Waals surface area contributed by atoms with Crippen molar-refractivity contribution in [1.29, 1.82) is 0 Å². The number of fused-ring (bicyclic) bond motifs is 1. The Morgan fingerprint density at radius 3 is 2.56 bits per heavy atom. The molecule has 27 heavy (non-hydrogen) atoms. The molecule has 2 atom stereocenters. The van der Waals surface area contributed by atoms with Crippen molar-refractivity contribution in [2.24, 2.45) is 5.73 Å². The number of benzene rings is 2. The molecule has 0 saturated heterocycles. The SMILES string of the molecule is CO[C@]1(c2cccc(C(F)(F)F)c2)C(=O)N(CC(N)O)c2ccc(F)cc21. The topological polar surface area (TPSA) is 75.8 Å². The van der Waals surface area contributed by atoms with Crippen molar-refractivity contribution >= 4 is 11.6 Å². The fourth-order valence-electron chi connectivity index (χ4n) is 3.32. The lowest BCUT2D eigenvalue weighted by molar-refractivity contribution is -0.139. The van der Waals surface area contributed by atoms with E-state index in [-0.39, 0.29) is 23.4 Å². The smallest absolute Gasteiger partial charge is 0.377 e. The summed E-state index contributed by atoms with van der Waals surface area (Å²) in [5.41, 5.74) is 2.53. The Bertz CT molecular complexity index is 885. The first-order valence-electron chi connectivity index (χ1n) is 7.90. The summed E-state index contributed by atoms with van der Waals surface area (Å²) in [7, 11) is 1.15. The lowest BCUT2D eigenvalue weighted by Gasteiger charge is -2.28. The quantitative estimate of drug-likeness (QED) is 0.627. The number of carbonyl (C=O) groups excluding carboxylic acids is 1. The molecule has 1 heterocycles. The second kappa shape index (κ2) is 6.59. The van der Waals surface area contributed by atoms with Crippen LogP contribution in [-0.4, -0.2) is 30.9 Å². The standard InChI is InChI=1S/C18H16F4N2O3/c1-27-17(10-3-2-4-11(7-10)18(20,21)22)13-8-12(19)5-6-14(13)24(16(17)26)9-15(23)25/h2-8,15,25H,9,23H2,1H3/t15?,17-/m0/s1. The number of halogens is 4. The highest BCUT2D eigenvalue weighted by atomic mass is 19.4. The lowest BCUT2D eigenvalue weighted by Crippen LogP contribution is -2.46. The van der Waals surface area contributed by atoms with Crippen LogP contribution in [0.5, 0.6) is 0 Å². The Hall–Kier alpha value is -2.49. The number of hydrogen-bond acceptors (Lipinski definition) is 4. The first-order chi connectivity index (χ1) is 12.6. The Morgan fingerprint density at radius 2 is 1.96 bits per heavy atom. The summed E-state index contributed by atoms with van der Waals surface area (Å²) in [5, 5.41) is 9.50. The molecule has 2 aromatic rings. The molecule has 2 aromatic carbocycles. The van der Waals surface area contributed by atoms with E-state index in [0.29, 0.717) is 0 Å². The molecule has 3 rings (SSSR count). The second-order valence-electron chi connectivity index (χ2n) is 6.11. The van der Waals surface area contributed by atoms with Crippen molar-refractivity contribution in [1.82, 2.24) is 0 Å². The van der Waals surface area contributed by atoms with Gasteiger partial charge in [-0.05, 0) is 35.9 Å². The van der Waals surface area contributed by atoms with Crippen LogP contribution in [0.1, 0.15) is 16.7 Å². The molecule has 0 aromatic heterocycles. The van der Waals surface area contributed by atoms with E-state index in [2.05, 4.69) is 0 Å². The molecule has 0 fully saturated rings. The molecule has 0 radical (unpaired) electrons. The van der Waals surface area contributed by atoms with E-state index in [0.717, 1.165) is 42.3 Å². The van der Waals surface area contributed by atoms with Gasteiger partial charge in [0.1, 0.15) is 12.0 Å². The van der Waals surface area contributed by atoms with Crippen LogP contribution in [0, 0.1) is 5.82 Å². The van der Waals surface area contributed by atoms with Crippen molar-refractivity contribution in [3.8, 4) is 0 Å². The normalized spacial score (nSPS) is 20.7. The summed E-state index contributed by atoms with van der Waals surface area (Å²) < 4.78 is 58.7. The number of β-amino-alcohol motifs (C(OH)–C–C–N with tert-alkyl or cyclic N) is 1.